The Labute approximate surface area is 214 Å². The second-order valence-corrected chi connectivity index (χ2v) is 10.0. The molecule has 0 aliphatic rings. The van der Waals surface area contributed by atoms with Crippen LogP contribution in [0.1, 0.15) is 27.8 Å². The highest BCUT2D eigenvalue weighted by Gasteiger charge is 2.27. The van der Waals surface area contributed by atoms with Crippen molar-refractivity contribution < 1.29 is 14.1 Å². The van der Waals surface area contributed by atoms with E-state index in [1.165, 1.54) is 23.9 Å². The summed E-state index contributed by atoms with van der Waals surface area (Å²) < 4.78 is 22.1. The minimum absolute atomic E-state index is 0.329. The summed E-state index contributed by atoms with van der Waals surface area (Å²) in [5.41, 5.74) is 3.48. The third kappa shape index (κ3) is 6.26. The molecule has 0 N–H and O–H groups in total. The van der Waals surface area contributed by atoms with Crippen LogP contribution in [0.4, 0.5) is 4.39 Å². The van der Waals surface area contributed by atoms with Gasteiger partial charge in [-0.3, -0.25) is 14.7 Å². The molecule has 0 fully saturated rings. The van der Waals surface area contributed by atoms with Crippen molar-refractivity contribution in [3.63, 3.8) is 0 Å². The van der Waals surface area contributed by atoms with Crippen LogP contribution in [0.5, 0.6) is 5.75 Å². The molecule has 0 aliphatic heterocycles. The fourth-order valence-corrected chi connectivity index (χ4v) is 5.09. The van der Waals surface area contributed by atoms with Gasteiger partial charge in [0.15, 0.2) is 5.16 Å². The molecule has 35 heavy (non-hydrogen) atoms. The molecule has 0 bridgehead atoms. The first-order valence-corrected chi connectivity index (χ1v) is 12.4. The molecule has 0 amide bonds. The lowest BCUT2D eigenvalue weighted by Crippen LogP contribution is -2.12. The lowest BCUT2D eigenvalue weighted by molar-refractivity contribution is -0.479. The van der Waals surface area contributed by atoms with Crippen LogP contribution < -0.4 is 4.74 Å². The molecule has 0 spiro atoms. The monoisotopic (exact) mass is 556 g/mol. The van der Waals surface area contributed by atoms with Gasteiger partial charge in [0.1, 0.15) is 29.2 Å². The summed E-state index contributed by atoms with van der Waals surface area (Å²) in [6, 6.07) is 19.4. The van der Waals surface area contributed by atoms with Gasteiger partial charge in [-0.2, -0.15) is 0 Å². The van der Waals surface area contributed by atoms with Gasteiger partial charge >= 0.3 is 0 Å². The average molecular weight is 557 g/mol. The molecule has 180 valence electrons. The number of nitro groups is 1. The fraction of sp³-hybridized carbons (Fsp3) is 0.200. The number of benzene rings is 3. The second-order valence-electron chi connectivity index (χ2n) is 7.92. The predicted molar refractivity (Wildman–Crippen MR) is 136 cm³/mol. The highest BCUT2D eigenvalue weighted by Crippen LogP contribution is 2.41. The van der Waals surface area contributed by atoms with Gasteiger partial charge in [0, 0.05) is 20.6 Å². The van der Waals surface area contributed by atoms with Crippen molar-refractivity contribution in [2.45, 2.75) is 30.9 Å². The predicted octanol–water partition coefficient (Wildman–Crippen LogP) is 6.47. The van der Waals surface area contributed by atoms with Gasteiger partial charge in [0.05, 0.1) is 0 Å². The van der Waals surface area contributed by atoms with E-state index in [1.807, 2.05) is 43.3 Å². The van der Waals surface area contributed by atoms with Gasteiger partial charge in [-0.05, 0) is 61.9 Å². The van der Waals surface area contributed by atoms with Crippen molar-refractivity contribution in [1.29, 1.82) is 0 Å². The summed E-state index contributed by atoms with van der Waals surface area (Å²) in [6.45, 7) is 3.77. The molecule has 4 aromatic rings. The standard InChI is InChI=1S/C25H22BrFN4O3S/c1-16-3-5-18(6-4-16)15-34-23-12-7-19(26)13-22(23)24(14-30(32)33)35-25-29-28-17(2)31(25)21-10-8-20(27)9-11-21/h3-13,24H,14-15H2,1-2H3/t24-/m0/s1. The maximum absolute atomic E-state index is 13.5. The van der Waals surface area contributed by atoms with E-state index in [0.717, 1.165) is 15.6 Å². The Morgan fingerprint density at radius 3 is 2.49 bits per heavy atom. The van der Waals surface area contributed by atoms with Crippen LogP contribution in [0.15, 0.2) is 76.4 Å². The minimum Gasteiger partial charge on any atom is -0.489 e. The van der Waals surface area contributed by atoms with Crippen molar-refractivity contribution in [2.75, 3.05) is 6.54 Å². The summed E-state index contributed by atoms with van der Waals surface area (Å²) in [6.07, 6.45) is 0. The third-order valence-electron chi connectivity index (χ3n) is 5.28. The zero-order valence-electron chi connectivity index (χ0n) is 19.0. The van der Waals surface area contributed by atoms with Crippen molar-refractivity contribution in [3.8, 4) is 11.4 Å². The molecular formula is C25H22BrFN4O3S. The van der Waals surface area contributed by atoms with E-state index in [1.54, 1.807) is 29.7 Å². The largest absolute Gasteiger partial charge is 0.489 e. The van der Waals surface area contributed by atoms with Crippen molar-refractivity contribution >= 4 is 27.7 Å². The molecular weight excluding hydrogens is 535 g/mol. The SMILES string of the molecule is Cc1ccc(COc2ccc(Br)cc2[C@H](C[N+](=O)[O-])Sc2nnc(C)n2-c2ccc(F)cc2)cc1. The third-order valence-corrected chi connectivity index (χ3v) is 6.93. The first-order chi connectivity index (χ1) is 16.8. The number of rotatable bonds is 9. The van der Waals surface area contributed by atoms with Crippen LogP contribution in [0.25, 0.3) is 5.69 Å². The molecule has 0 unspecified atom stereocenters. The average Bonchev–Trinajstić information content (AvgIpc) is 3.19. The summed E-state index contributed by atoms with van der Waals surface area (Å²) in [4.78, 5) is 11.3. The summed E-state index contributed by atoms with van der Waals surface area (Å²) in [5.74, 6) is 0.783. The van der Waals surface area contributed by atoms with Crippen LogP contribution >= 0.6 is 27.7 Å². The highest BCUT2D eigenvalue weighted by molar-refractivity contribution is 9.10. The van der Waals surface area contributed by atoms with Gasteiger partial charge in [-0.25, -0.2) is 4.39 Å². The van der Waals surface area contributed by atoms with Crippen LogP contribution in [-0.4, -0.2) is 26.2 Å². The summed E-state index contributed by atoms with van der Waals surface area (Å²) in [5, 5.41) is 19.9. The van der Waals surface area contributed by atoms with E-state index in [4.69, 9.17) is 4.74 Å². The van der Waals surface area contributed by atoms with E-state index in [9.17, 15) is 14.5 Å². The number of halogens is 2. The van der Waals surface area contributed by atoms with Crippen LogP contribution in [0, 0.1) is 29.8 Å². The Balaban J connectivity index is 1.67. The lowest BCUT2D eigenvalue weighted by Gasteiger charge is -2.18. The Kier molecular flexibility index (Phi) is 7.82. The molecule has 3 aromatic carbocycles. The number of hydrogen-bond acceptors (Lipinski definition) is 6. The fourth-order valence-electron chi connectivity index (χ4n) is 3.52. The molecule has 0 saturated heterocycles. The van der Waals surface area contributed by atoms with Crippen LogP contribution in [0.2, 0.25) is 0 Å². The van der Waals surface area contributed by atoms with Gasteiger partial charge in [-0.15, -0.1) is 10.2 Å². The number of thioether (sulfide) groups is 1. The van der Waals surface area contributed by atoms with Gasteiger partial charge in [0.2, 0.25) is 6.54 Å². The van der Waals surface area contributed by atoms with Gasteiger partial charge < -0.3 is 4.74 Å². The van der Waals surface area contributed by atoms with E-state index in [-0.39, 0.29) is 17.3 Å². The molecule has 0 saturated carbocycles. The second kappa shape index (κ2) is 11.0. The van der Waals surface area contributed by atoms with E-state index < -0.39 is 5.25 Å². The maximum Gasteiger partial charge on any atom is 0.220 e. The molecule has 4 rings (SSSR count). The smallest absolute Gasteiger partial charge is 0.220 e. The Morgan fingerprint density at radius 2 is 1.80 bits per heavy atom. The number of ether oxygens (including phenoxy) is 1. The van der Waals surface area contributed by atoms with E-state index >= 15 is 0 Å². The van der Waals surface area contributed by atoms with Gasteiger partial charge in [0.25, 0.3) is 0 Å². The number of aryl methyl sites for hydroxylation is 2. The Hall–Kier alpha value is -3.24. The molecule has 0 aliphatic carbocycles. The molecule has 7 nitrogen and oxygen atoms in total. The van der Waals surface area contributed by atoms with Crippen molar-refractivity contribution in [3.05, 3.63) is 110 Å². The topological polar surface area (TPSA) is 83.1 Å². The molecule has 10 heteroatoms. The van der Waals surface area contributed by atoms with Crippen LogP contribution in [-0.2, 0) is 6.61 Å². The highest BCUT2D eigenvalue weighted by atomic mass is 79.9. The van der Waals surface area contributed by atoms with Crippen LogP contribution in [0.3, 0.4) is 0 Å². The zero-order valence-corrected chi connectivity index (χ0v) is 21.4. The van der Waals surface area contributed by atoms with Crippen molar-refractivity contribution in [2.24, 2.45) is 0 Å². The zero-order chi connectivity index (χ0) is 24.9. The molecule has 1 atom stereocenters. The number of hydrogen-bond donors (Lipinski definition) is 0. The molecule has 1 aromatic heterocycles. The first kappa shape index (κ1) is 24.9. The number of aromatic nitrogens is 3. The Morgan fingerprint density at radius 1 is 1.09 bits per heavy atom. The lowest BCUT2D eigenvalue weighted by atomic mass is 10.1. The Bertz CT molecular complexity index is 1330. The number of nitrogens with zero attached hydrogens (tertiary/aromatic N) is 4. The van der Waals surface area contributed by atoms with E-state index in [2.05, 4.69) is 26.1 Å². The minimum atomic E-state index is -0.613. The summed E-state index contributed by atoms with van der Waals surface area (Å²) >= 11 is 4.70. The normalized spacial score (nSPS) is 11.9. The van der Waals surface area contributed by atoms with Crippen molar-refractivity contribution in [1.82, 2.24) is 14.8 Å². The molecule has 1 heterocycles. The summed E-state index contributed by atoms with van der Waals surface area (Å²) in [7, 11) is 0. The molecule has 0 radical (unpaired) electrons. The quantitative estimate of drug-likeness (QED) is 0.133. The van der Waals surface area contributed by atoms with Gasteiger partial charge in [-0.1, -0.05) is 57.5 Å². The first-order valence-electron chi connectivity index (χ1n) is 10.7. The van der Waals surface area contributed by atoms with E-state index in [0.29, 0.717) is 34.6 Å². The maximum atomic E-state index is 13.5.